The van der Waals surface area contributed by atoms with Crippen molar-refractivity contribution < 1.29 is 4.39 Å². The number of rotatable bonds is 5. The zero-order valence-corrected chi connectivity index (χ0v) is 17.9. The lowest BCUT2D eigenvalue weighted by molar-refractivity contribution is 0.130. The van der Waals surface area contributed by atoms with Gasteiger partial charge in [-0.2, -0.15) is 0 Å². The summed E-state index contributed by atoms with van der Waals surface area (Å²) < 4.78 is 14.1. The maximum atomic E-state index is 12.9. The molecule has 0 spiro atoms. The third-order valence-corrected chi connectivity index (χ3v) is 7.90. The van der Waals surface area contributed by atoms with Crippen molar-refractivity contribution in [1.29, 1.82) is 0 Å². The van der Waals surface area contributed by atoms with Gasteiger partial charge in [-0.3, -0.25) is 4.90 Å². The van der Waals surface area contributed by atoms with Crippen LogP contribution in [0.5, 0.6) is 0 Å². The van der Waals surface area contributed by atoms with Gasteiger partial charge in [-0.1, -0.05) is 0 Å². The van der Waals surface area contributed by atoms with Crippen LogP contribution in [0.3, 0.4) is 0 Å². The van der Waals surface area contributed by atoms with E-state index in [4.69, 9.17) is 0 Å². The fourth-order valence-corrected chi connectivity index (χ4v) is 6.28. The maximum Gasteiger partial charge on any atom is 0.125 e. The van der Waals surface area contributed by atoms with Crippen LogP contribution in [0, 0.1) is 0 Å². The molecule has 2 atom stereocenters. The lowest BCUT2D eigenvalue weighted by Crippen LogP contribution is -2.43. The number of benzene rings is 1. The number of thiazole rings is 1. The molecule has 29 heavy (non-hydrogen) atoms. The first kappa shape index (κ1) is 18.9. The van der Waals surface area contributed by atoms with Crippen LogP contribution in [0.15, 0.2) is 42.0 Å². The largest absolute Gasteiger partial charge is 0.355 e. The number of anilines is 2. The average molecular weight is 427 g/mol. The van der Waals surface area contributed by atoms with Gasteiger partial charge in [0.1, 0.15) is 11.5 Å². The molecule has 150 valence electrons. The second-order valence-corrected chi connectivity index (χ2v) is 9.55. The van der Waals surface area contributed by atoms with Crippen molar-refractivity contribution in [3.8, 4) is 0 Å². The lowest BCUT2D eigenvalue weighted by atomic mass is 9.88. The van der Waals surface area contributed by atoms with Gasteiger partial charge >= 0.3 is 0 Å². The molecule has 7 heteroatoms. The van der Waals surface area contributed by atoms with Gasteiger partial charge < -0.3 is 5.32 Å². The third kappa shape index (κ3) is 3.63. The minimum absolute atomic E-state index is 0.275. The van der Waals surface area contributed by atoms with Gasteiger partial charge in [0.2, 0.25) is 0 Å². The fraction of sp³-hybridized carbons (Fsp3) is 0.364. The normalized spacial score (nSPS) is 20.5. The molecule has 0 amide bonds. The number of hydrogen-bond donors (Lipinski definition) is 1. The summed E-state index contributed by atoms with van der Waals surface area (Å²) >= 11 is 3.43. The molecule has 5 rings (SSSR count). The van der Waals surface area contributed by atoms with E-state index in [2.05, 4.69) is 51.4 Å². The minimum atomic E-state index is -0.275. The second kappa shape index (κ2) is 7.97. The molecule has 1 aliphatic rings. The minimum Gasteiger partial charge on any atom is -0.355 e. The Morgan fingerprint density at radius 2 is 2.17 bits per heavy atom. The lowest BCUT2D eigenvalue weighted by Gasteiger charge is -2.38. The number of fused-ring (bicyclic) bond motifs is 2. The number of pyridine rings is 1. The van der Waals surface area contributed by atoms with Crippen LogP contribution in [0.1, 0.15) is 30.6 Å². The van der Waals surface area contributed by atoms with E-state index in [0.717, 1.165) is 46.5 Å². The molecule has 3 aromatic heterocycles. The topological polar surface area (TPSA) is 41.1 Å². The van der Waals surface area contributed by atoms with Crippen molar-refractivity contribution in [3.63, 3.8) is 0 Å². The molecule has 0 unspecified atom stereocenters. The van der Waals surface area contributed by atoms with E-state index in [1.165, 1.54) is 9.58 Å². The molecule has 1 fully saturated rings. The van der Waals surface area contributed by atoms with Crippen LogP contribution in [0.2, 0.25) is 0 Å². The zero-order chi connectivity index (χ0) is 19.8. The smallest absolute Gasteiger partial charge is 0.125 e. The summed E-state index contributed by atoms with van der Waals surface area (Å²) in [6.07, 6.45) is 4.14. The standard InChI is InChI=1S/C22H23FN4S2/c1-14-16(3-2-9-27(14)10-7-23)21-12-17-18(6-8-24-22(17)29-21)26-15-4-5-20-19(11-15)25-13-28-20/h4-6,8,11-14,16H,2-3,7,9-10H2,1H3,(H,24,26)/t14-,16+/m0/s1. The number of likely N-dealkylation sites (tertiary alicyclic amines) is 1. The molecule has 1 aromatic carbocycles. The van der Waals surface area contributed by atoms with Crippen molar-refractivity contribution in [3.05, 3.63) is 46.9 Å². The maximum absolute atomic E-state index is 12.9. The first-order chi connectivity index (χ1) is 14.2. The van der Waals surface area contributed by atoms with Crippen molar-refractivity contribution in [2.24, 2.45) is 0 Å². The number of piperidine rings is 1. The van der Waals surface area contributed by atoms with Gasteiger partial charge in [0.05, 0.1) is 21.4 Å². The summed E-state index contributed by atoms with van der Waals surface area (Å²) in [6, 6.07) is 11.0. The highest BCUT2D eigenvalue weighted by Gasteiger charge is 2.30. The molecule has 0 aliphatic carbocycles. The van der Waals surface area contributed by atoms with E-state index in [9.17, 15) is 4.39 Å². The summed E-state index contributed by atoms with van der Waals surface area (Å²) in [5.74, 6) is 0.439. The van der Waals surface area contributed by atoms with E-state index < -0.39 is 0 Å². The molecular formula is C22H23FN4S2. The molecule has 0 bridgehead atoms. The average Bonchev–Trinajstić information content (AvgIpc) is 3.36. The highest BCUT2D eigenvalue weighted by molar-refractivity contribution is 7.18. The number of nitrogens with zero attached hydrogens (tertiary/aromatic N) is 3. The zero-order valence-electron chi connectivity index (χ0n) is 16.3. The van der Waals surface area contributed by atoms with E-state index in [-0.39, 0.29) is 6.67 Å². The molecule has 0 radical (unpaired) electrons. The Kier molecular flexibility index (Phi) is 5.20. The number of halogens is 1. The van der Waals surface area contributed by atoms with Crippen LogP contribution in [-0.2, 0) is 0 Å². The Labute approximate surface area is 177 Å². The van der Waals surface area contributed by atoms with E-state index in [1.54, 1.807) is 22.7 Å². The van der Waals surface area contributed by atoms with Crippen molar-refractivity contribution >= 4 is 54.5 Å². The molecular weight excluding hydrogens is 403 g/mol. The van der Waals surface area contributed by atoms with Gasteiger partial charge in [0, 0.05) is 40.7 Å². The van der Waals surface area contributed by atoms with Gasteiger partial charge in [-0.15, -0.1) is 22.7 Å². The number of thiophene rings is 1. The van der Waals surface area contributed by atoms with Crippen LogP contribution >= 0.6 is 22.7 Å². The summed E-state index contributed by atoms with van der Waals surface area (Å²) in [5.41, 5.74) is 4.99. The summed E-state index contributed by atoms with van der Waals surface area (Å²) in [4.78, 5) is 13.7. The molecule has 4 heterocycles. The summed E-state index contributed by atoms with van der Waals surface area (Å²) in [5, 5.41) is 4.71. The third-order valence-electron chi connectivity index (χ3n) is 5.92. The highest BCUT2D eigenvalue weighted by Crippen LogP contribution is 2.40. The Balaban J connectivity index is 1.46. The predicted molar refractivity (Wildman–Crippen MR) is 122 cm³/mol. The van der Waals surface area contributed by atoms with Crippen LogP contribution in [0.4, 0.5) is 15.8 Å². The number of alkyl halides is 1. The van der Waals surface area contributed by atoms with Crippen molar-refractivity contribution in [2.45, 2.75) is 31.7 Å². The predicted octanol–water partition coefficient (Wildman–Crippen LogP) is 6.19. The Bertz CT molecular complexity index is 1140. The van der Waals surface area contributed by atoms with Gasteiger partial charge in [-0.25, -0.2) is 14.4 Å². The first-order valence-electron chi connectivity index (χ1n) is 10.0. The van der Waals surface area contributed by atoms with Gasteiger partial charge in [0.15, 0.2) is 0 Å². The summed E-state index contributed by atoms with van der Waals surface area (Å²) in [7, 11) is 0. The van der Waals surface area contributed by atoms with E-state index in [0.29, 0.717) is 18.5 Å². The Morgan fingerprint density at radius 1 is 1.24 bits per heavy atom. The Morgan fingerprint density at radius 3 is 3.07 bits per heavy atom. The molecule has 1 saturated heterocycles. The van der Waals surface area contributed by atoms with E-state index >= 15 is 0 Å². The number of nitrogens with one attached hydrogen (secondary N) is 1. The molecule has 0 saturated carbocycles. The van der Waals surface area contributed by atoms with E-state index in [1.807, 2.05) is 17.8 Å². The molecule has 1 aliphatic heterocycles. The SMILES string of the molecule is C[C@H]1[C@H](c2cc3c(Nc4ccc5scnc5c4)ccnc3s2)CCCN1CCF. The highest BCUT2D eigenvalue weighted by atomic mass is 32.1. The molecule has 1 N–H and O–H groups in total. The first-order valence-corrected chi connectivity index (χ1v) is 11.7. The van der Waals surface area contributed by atoms with Gasteiger partial charge in [-0.05, 0) is 56.6 Å². The molecule has 4 nitrogen and oxygen atoms in total. The second-order valence-electron chi connectivity index (χ2n) is 7.60. The number of hydrogen-bond acceptors (Lipinski definition) is 6. The number of aromatic nitrogens is 2. The van der Waals surface area contributed by atoms with Crippen molar-refractivity contribution in [1.82, 2.24) is 14.9 Å². The van der Waals surface area contributed by atoms with Crippen molar-refractivity contribution in [2.75, 3.05) is 25.1 Å². The van der Waals surface area contributed by atoms with Crippen LogP contribution in [-0.4, -0.2) is 40.7 Å². The quantitative estimate of drug-likeness (QED) is 0.413. The van der Waals surface area contributed by atoms with Gasteiger partial charge in [0.25, 0.3) is 0 Å². The monoisotopic (exact) mass is 426 g/mol. The molecule has 4 aromatic rings. The summed E-state index contributed by atoms with van der Waals surface area (Å²) in [6.45, 7) is 3.49. The Hall–Kier alpha value is -2.09. The fourth-order valence-electron chi connectivity index (χ4n) is 4.36. The van der Waals surface area contributed by atoms with Crippen LogP contribution < -0.4 is 5.32 Å². The van der Waals surface area contributed by atoms with Crippen LogP contribution in [0.25, 0.3) is 20.4 Å².